The first kappa shape index (κ1) is 42.3. The number of thiophene rings is 1. The Balaban J connectivity index is 1.12. The van der Waals surface area contributed by atoms with Gasteiger partial charge in [0.1, 0.15) is 15.9 Å². The summed E-state index contributed by atoms with van der Waals surface area (Å²) >= 11 is 2.67. The van der Waals surface area contributed by atoms with E-state index in [4.69, 9.17) is 4.74 Å². The summed E-state index contributed by atoms with van der Waals surface area (Å²) in [5, 5.41) is 19.5. The summed E-state index contributed by atoms with van der Waals surface area (Å²) in [6.45, 7) is 4.10. The zero-order chi connectivity index (χ0) is 42.7. The van der Waals surface area contributed by atoms with E-state index in [9.17, 15) is 29.3 Å². The lowest BCUT2D eigenvalue weighted by Crippen LogP contribution is -2.30. The van der Waals surface area contributed by atoms with Crippen molar-refractivity contribution in [3.8, 4) is 0 Å². The number of anilines is 2. The van der Waals surface area contributed by atoms with E-state index in [-0.39, 0.29) is 23.9 Å². The van der Waals surface area contributed by atoms with Crippen molar-refractivity contribution >= 4 is 69.2 Å². The molecule has 1 aromatic heterocycles. The van der Waals surface area contributed by atoms with E-state index < -0.39 is 28.0 Å². The lowest BCUT2D eigenvalue weighted by molar-refractivity contribution is -0.384. The van der Waals surface area contributed by atoms with E-state index >= 15 is 0 Å². The smallest absolute Gasteiger partial charge is 0.341 e. The van der Waals surface area contributed by atoms with Gasteiger partial charge in [-0.2, -0.15) is 0 Å². The summed E-state index contributed by atoms with van der Waals surface area (Å²) in [6.07, 6.45) is 2.07. The number of esters is 1. The van der Waals surface area contributed by atoms with Crippen LogP contribution in [0.1, 0.15) is 60.0 Å². The average Bonchev–Trinajstić information content (AvgIpc) is 3.63. The summed E-state index contributed by atoms with van der Waals surface area (Å²) in [6, 6.07) is 40.5. The number of thioether (sulfide) groups is 1. The Hall–Kier alpha value is -6.87. The number of nitrogens with one attached hydrogen (secondary N) is 3. The number of fused-ring (bicyclic) bond motifs is 1. The molecule has 61 heavy (non-hydrogen) atoms. The van der Waals surface area contributed by atoms with E-state index in [0.717, 1.165) is 29.1 Å². The van der Waals surface area contributed by atoms with E-state index in [0.29, 0.717) is 45.2 Å². The Morgan fingerprint density at radius 3 is 2.25 bits per heavy atom. The molecule has 6 aromatic rings. The summed E-state index contributed by atoms with van der Waals surface area (Å²) in [5.74, 6) is -1.97. The number of rotatable bonds is 15. The number of non-ortho nitro benzene ring substituents is 1. The van der Waals surface area contributed by atoms with Gasteiger partial charge in [-0.05, 0) is 84.1 Å². The number of nitrogens with zero attached hydrogens (tertiary/aromatic N) is 2. The van der Waals surface area contributed by atoms with Gasteiger partial charge >= 0.3 is 5.97 Å². The zero-order valence-electron chi connectivity index (χ0n) is 33.0. The largest absolute Gasteiger partial charge is 0.462 e. The van der Waals surface area contributed by atoms with Crippen LogP contribution in [0.4, 0.5) is 16.4 Å². The highest BCUT2D eigenvalue weighted by atomic mass is 32.2. The maximum absolute atomic E-state index is 14.4. The number of nitro groups is 1. The van der Waals surface area contributed by atoms with Gasteiger partial charge < -0.3 is 20.7 Å². The highest BCUT2D eigenvalue weighted by molar-refractivity contribution is 8.00. The predicted molar refractivity (Wildman–Crippen MR) is 238 cm³/mol. The van der Waals surface area contributed by atoms with Crippen molar-refractivity contribution in [1.82, 2.24) is 10.2 Å². The first-order valence-electron chi connectivity index (χ1n) is 19.5. The summed E-state index contributed by atoms with van der Waals surface area (Å²) in [5.41, 5.74) is 4.18. The first-order chi connectivity index (χ1) is 29.6. The minimum atomic E-state index is -0.765. The van der Waals surface area contributed by atoms with E-state index in [1.165, 1.54) is 59.0 Å². The topological polar surface area (TPSA) is 160 Å². The van der Waals surface area contributed by atoms with Crippen molar-refractivity contribution in [3.05, 3.63) is 194 Å². The van der Waals surface area contributed by atoms with Crippen LogP contribution in [0.2, 0.25) is 0 Å². The second-order valence-corrected chi connectivity index (χ2v) is 16.3. The van der Waals surface area contributed by atoms with E-state index in [1.807, 2.05) is 54.6 Å². The third-order valence-corrected chi connectivity index (χ3v) is 12.1. The van der Waals surface area contributed by atoms with Crippen molar-refractivity contribution < 1.29 is 28.8 Å². The van der Waals surface area contributed by atoms with Crippen molar-refractivity contribution in [3.63, 3.8) is 0 Å². The number of benzene rings is 5. The van der Waals surface area contributed by atoms with Crippen LogP contribution in [-0.2, 0) is 33.8 Å². The fourth-order valence-corrected chi connectivity index (χ4v) is 9.17. The number of carbonyl (C=O) groups excluding carboxylic acids is 4. The third kappa shape index (κ3) is 10.9. The molecule has 0 radical (unpaired) electrons. The van der Waals surface area contributed by atoms with Crippen molar-refractivity contribution in [2.24, 2.45) is 0 Å². The van der Waals surface area contributed by atoms with Gasteiger partial charge in [0.2, 0.25) is 5.91 Å². The number of carbonyl (C=O) groups is 4. The van der Waals surface area contributed by atoms with Crippen molar-refractivity contribution in [2.75, 3.05) is 23.8 Å². The number of amides is 3. The molecule has 14 heteroatoms. The average molecular weight is 852 g/mol. The van der Waals surface area contributed by atoms with Crippen molar-refractivity contribution in [1.29, 1.82) is 0 Å². The molecule has 3 amide bonds. The lowest BCUT2D eigenvalue weighted by atomic mass is 10.0. The molecule has 2 heterocycles. The van der Waals surface area contributed by atoms with Crippen LogP contribution in [0.3, 0.4) is 0 Å². The third-order valence-electron chi connectivity index (χ3n) is 9.73. The lowest BCUT2D eigenvalue weighted by Gasteiger charge is -2.27. The predicted octanol–water partition coefficient (Wildman–Crippen LogP) is 9.27. The highest BCUT2D eigenvalue weighted by Gasteiger charge is 2.32. The Bertz CT molecular complexity index is 2570. The zero-order valence-corrected chi connectivity index (χ0v) is 34.7. The molecule has 308 valence electrons. The molecule has 0 fully saturated rings. The minimum Gasteiger partial charge on any atom is -0.462 e. The summed E-state index contributed by atoms with van der Waals surface area (Å²) in [7, 11) is 0. The molecule has 0 aliphatic carbocycles. The molecular weight excluding hydrogens is 811 g/mol. The standard InChI is InChI=1S/C47H41N5O7S2/c1-2-59-47(56)41-38-25-26-51(29-32-13-6-3-7-14-32)30-40(38)61-46(41)50-45(55)42(33-15-8-4-9-16-33)60-37-20-12-19-35(28-37)48-44(54)39(49-43(53)34-17-10-5-11-18-34)27-31-21-23-36(24-22-31)52(57)58/h3-24,27-28,42H,2,25-26,29-30H2,1H3,(H,48,54)(H,49,53)(H,50,55)/b39-27+. The van der Waals surface area contributed by atoms with Gasteiger partial charge in [-0.3, -0.25) is 29.4 Å². The highest BCUT2D eigenvalue weighted by Crippen LogP contribution is 2.41. The monoisotopic (exact) mass is 851 g/mol. The molecule has 12 nitrogen and oxygen atoms in total. The molecular formula is C47H41N5O7S2. The van der Waals surface area contributed by atoms with Gasteiger partial charge in [-0.15, -0.1) is 23.1 Å². The maximum atomic E-state index is 14.4. The quantitative estimate of drug-likeness (QED) is 0.0301. The summed E-state index contributed by atoms with van der Waals surface area (Å²) < 4.78 is 5.50. The minimum absolute atomic E-state index is 0.0958. The van der Waals surface area contributed by atoms with Crippen LogP contribution < -0.4 is 16.0 Å². The molecule has 0 spiro atoms. The van der Waals surface area contributed by atoms with Crippen LogP contribution in [0, 0.1) is 10.1 Å². The fraction of sp³-hybridized carbons (Fsp3) is 0.149. The van der Waals surface area contributed by atoms with Gasteiger partial charge in [-0.1, -0.05) is 84.9 Å². The molecule has 7 rings (SSSR count). The Kier molecular flexibility index (Phi) is 13.8. The van der Waals surface area contributed by atoms with Crippen LogP contribution in [0.5, 0.6) is 0 Å². The number of nitro benzene ring substituents is 1. The Morgan fingerprint density at radius 2 is 1.56 bits per heavy atom. The van der Waals surface area contributed by atoms with Crippen LogP contribution >= 0.6 is 23.1 Å². The number of ether oxygens (including phenoxy) is 1. The Morgan fingerprint density at radius 1 is 0.869 bits per heavy atom. The van der Waals surface area contributed by atoms with E-state index in [2.05, 4.69) is 33.0 Å². The molecule has 1 unspecified atom stereocenters. The summed E-state index contributed by atoms with van der Waals surface area (Å²) in [4.78, 5) is 69.6. The molecule has 0 saturated heterocycles. The molecule has 3 N–H and O–H groups in total. The number of hydrogen-bond donors (Lipinski definition) is 3. The van der Waals surface area contributed by atoms with Gasteiger partial charge in [0.05, 0.1) is 17.1 Å². The van der Waals surface area contributed by atoms with Gasteiger partial charge in [0.15, 0.2) is 0 Å². The van der Waals surface area contributed by atoms with Gasteiger partial charge in [0, 0.05) is 52.8 Å². The van der Waals surface area contributed by atoms with Crippen molar-refractivity contribution in [2.45, 2.75) is 36.6 Å². The van der Waals surface area contributed by atoms with Crippen LogP contribution in [0.25, 0.3) is 6.08 Å². The molecule has 5 aromatic carbocycles. The van der Waals surface area contributed by atoms with Crippen LogP contribution in [-0.4, -0.2) is 46.7 Å². The van der Waals surface area contributed by atoms with Gasteiger partial charge in [-0.25, -0.2) is 4.79 Å². The SMILES string of the molecule is CCOC(=O)c1c(NC(=O)C(Sc2cccc(NC(=O)/C(=C\c3ccc([N+](=O)[O-])cc3)NC(=O)c3ccccc3)c2)c2ccccc2)sc2c1CCN(Cc1ccccc1)C2. The molecule has 1 atom stereocenters. The molecule has 0 saturated carbocycles. The van der Waals surface area contributed by atoms with Gasteiger partial charge in [0.25, 0.3) is 17.5 Å². The maximum Gasteiger partial charge on any atom is 0.341 e. The molecule has 0 bridgehead atoms. The second kappa shape index (κ2) is 19.9. The Labute approximate surface area is 360 Å². The van der Waals surface area contributed by atoms with E-state index in [1.54, 1.807) is 55.5 Å². The van der Waals surface area contributed by atoms with Crippen LogP contribution in [0.15, 0.2) is 150 Å². The molecule has 1 aliphatic rings. The fourth-order valence-electron chi connectivity index (χ4n) is 6.80. The number of hydrogen-bond acceptors (Lipinski definition) is 10. The second-order valence-electron chi connectivity index (χ2n) is 14.0. The first-order valence-corrected chi connectivity index (χ1v) is 21.2. The molecule has 1 aliphatic heterocycles. The normalized spacial score (nSPS) is 13.0.